The molecule has 0 radical (unpaired) electrons. The number of hydrogen-bond acceptors (Lipinski definition) is 3. The van der Waals surface area contributed by atoms with E-state index in [4.69, 9.17) is 0 Å². The molecule has 0 heterocycles. The van der Waals surface area contributed by atoms with Gasteiger partial charge >= 0.3 is 0 Å². The van der Waals surface area contributed by atoms with Crippen molar-refractivity contribution >= 4 is 5.78 Å². The maximum atomic E-state index is 12.9. The van der Waals surface area contributed by atoms with Gasteiger partial charge in [-0.25, -0.2) is 0 Å². The molecule has 3 rings (SSSR count). The molecule has 6 atom stereocenters. The first-order valence-corrected chi connectivity index (χ1v) is 12.1. The summed E-state index contributed by atoms with van der Waals surface area (Å²) in [6.45, 7) is 13.0. The van der Waals surface area contributed by atoms with Gasteiger partial charge in [0.25, 0.3) is 0 Å². The predicted molar refractivity (Wildman–Crippen MR) is 123 cm³/mol. The molecule has 3 fully saturated rings. The second-order valence-corrected chi connectivity index (χ2v) is 10.9. The van der Waals surface area contributed by atoms with Gasteiger partial charge < -0.3 is 10.2 Å². The first kappa shape index (κ1) is 23.5. The molecule has 0 bridgehead atoms. The molecule has 3 aliphatic carbocycles. The van der Waals surface area contributed by atoms with Crippen LogP contribution in [0, 0.1) is 29.1 Å². The summed E-state index contributed by atoms with van der Waals surface area (Å²) in [5, 5.41) is 20.1. The van der Waals surface area contributed by atoms with E-state index < -0.39 is 12.2 Å². The van der Waals surface area contributed by atoms with Crippen LogP contribution in [0.4, 0.5) is 0 Å². The number of Topliss-reactive ketones (excluding diaryl/α,β-unsaturated/α-hetero) is 1. The van der Waals surface area contributed by atoms with Crippen molar-refractivity contribution < 1.29 is 15.0 Å². The van der Waals surface area contributed by atoms with Crippen molar-refractivity contribution in [2.45, 2.75) is 97.7 Å². The summed E-state index contributed by atoms with van der Waals surface area (Å²) >= 11 is 0. The van der Waals surface area contributed by atoms with Crippen molar-refractivity contribution in [2.24, 2.45) is 29.1 Å². The highest BCUT2D eigenvalue weighted by Crippen LogP contribution is 2.59. The molecule has 30 heavy (non-hydrogen) atoms. The monoisotopic (exact) mass is 414 g/mol. The quantitative estimate of drug-likeness (QED) is 0.580. The van der Waals surface area contributed by atoms with Gasteiger partial charge in [-0.3, -0.25) is 4.79 Å². The highest BCUT2D eigenvalue weighted by Gasteiger charge is 2.51. The number of ketones is 1. The van der Waals surface area contributed by atoms with E-state index in [0.717, 1.165) is 36.8 Å². The van der Waals surface area contributed by atoms with Crippen LogP contribution in [0.25, 0.3) is 0 Å². The fourth-order valence-corrected chi connectivity index (χ4v) is 6.45. The number of aliphatic hydroxyl groups is 2. The zero-order valence-electron chi connectivity index (χ0n) is 19.5. The van der Waals surface area contributed by atoms with Crippen molar-refractivity contribution in [1.29, 1.82) is 0 Å². The Morgan fingerprint density at radius 3 is 2.67 bits per heavy atom. The van der Waals surface area contributed by atoms with Crippen molar-refractivity contribution in [1.82, 2.24) is 0 Å². The Hall–Kier alpha value is -1.19. The largest absolute Gasteiger partial charge is 0.393 e. The smallest absolute Gasteiger partial charge is 0.136 e. The Morgan fingerprint density at radius 2 is 1.97 bits per heavy atom. The third-order valence-corrected chi connectivity index (χ3v) is 8.38. The standard InChI is InChI=1S/C27H42O3/c1-17(2)8-13-25(29)19(4)23-11-12-24-20(7-6-14-27(23,24)5)9-10-21-15-22(28)16-26(30)18(21)3/h9-10,17,19,22-24,26,28,30H,3,6-8,11-16H2,1-2,4-5H3/b20-9+,21-10+/t19-,22+,23+,24-,26-,27+/m0/s1. The molecule has 3 saturated carbocycles. The molecule has 0 aliphatic heterocycles. The predicted octanol–water partition coefficient (Wildman–Crippen LogP) is 5.77. The Kier molecular flexibility index (Phi) is 7.45. The normalized spacial score (nSPS) is 38.3. The van der Waals surface area contributed by atoms with Gasteiger partial charge in [0.2, 0.25) is 0 Å². The van der Waals surface area contributed by atoms with E-state index in [1.54, 1.807) is 0 Å². The van der Waals surface area contributed by atoms with Crippen LogP contribution in [0.3, 0.4) is 0 Å². The number of carbonyl (C=O) groups is 1. The van der Waals surface area contributed by atoms with E-state index >= 15 is 0 Å². The number of fused-ring (bicyclic) bond motifs is 1. The van der Waals surface area contributed by atoms with Crippen molar-refractivity contribution in [3.63, 3.8) is 0 Å². The van der Waals surface area contributed by atoms with Crippen LogP contribution in [-0.2, 0) is 4.79 Å². The molecule has 2 N–H and O–H groups in total. The Bertz CT molecular complexity index is 716. The molecule has 0 aromatic carbocycles. The average molecular weight is 415 g/mol. The summed E-state index contributed by atoms with van der Waals surface area (Å²) in [6, 6.07) is 0. The van der Waals surface area contributed by atoms with E-state index in [-0.39, 0.29) is 11.3 Å². The van der Waals surface area contributed by atoms with E-state index in [9.17, 15) is 15.0 Å². The summed E-state index contributed by atoms with van der Waals surface area (Å²) in [5.74, 6) is 2.21. The van der Waals surface area contributed by atoms with Crippen LogP contribution < -0.4 is 0 Å². The van der Waals surface area contributed by atoms with Gasteiger partial charge in [-0.15, -0.1) is 0 Å². The minimum Gasteiger partial charge on any atom is -0.393 e. The third kappa shape index (κ3) is 4.83. The lowest BCUT2D eigenvalue weighted by molar-refractivity contribution is -0.126. The fourth-order valence-electron chi connectivity index (χ4n) is 6.45. The minimum atomic E-state index is -0.636. The molecule has 0 saturated heterocycles. The first-order valence-electron chi connectivity index (χ1n) is 12.1. The summed E-state index contributed by atoms with van der Waals surface area (Å²) in [7, 11) is 0. The van der Waals surface area contributed by atoms with Crippen LogP contribution >= 0.6 is 0 Å². The van der Waals surface area contributed by atoms with Crippen molar-refractivity contribution in [3.05, 3.63) is 35.5 Å². The second-order valence-electron chi connectivity index (χ2n) is 10.9. The molecular weight excluding hydrogens is 372 g/mol. The number of allylic oxidation sites excluding steroid dienone is 3. The fraction of sp³-hybridized carbons (Fsp3) is 0.741. The van der Waals surface area contributed by atoms with Crippen molar-refractivity contribution in [3.8, 4) is 0 Å². The summed E-state index contributed by atoms with van der Waals surface area (Å²) in [6.07, 6.45) is 11.7. The molecule has 3 aliphatic rings. The Morgan fingerprint density at radius 1 is 1.23 bits per heavy atom. The van der Waals surface area contributed by atoms with Crippen molar-refractivity contribution in [2.75, 3.05) is 0 Å². The lowest BCUT2D eigenvalue weighted by Crippen LogP contribution is -2.38. The van der Waals surface area contributed by atoms with Crippen LogP contribution in [0.15, 0.2) is 35.5 Å². The maximum absolute atomic E-state index is 12.9. The van der Waals surface area contributed by atoms with Gasteiger partial charge in [0.15, 0.2) is 0 Å². The number of carbonyl (C=O) groups excluding carboxylic acids is 1. The number of aliphatic hydroxyl groups excluding tert-OH is 2. The lowest BCUT2D eigenvalue weighted by atomic mass is 9.60. The zero-order chi connectivity index (χ0) is 22.1. The molecule has 0 spiro atoms. The van der Waals surface area contributed by atoms with Crippen LogP contribution in [0.2, 0.25) is 0 Å². The van der Waals surface area contributed by atoms with E-state index in [0.29, 0.717) is 36.4 Å². The molecule has 3 nitrogen and oxygen atoms in total. The SMILES string of the molecule is C=C1/C(=C/C=C2\CCC[C@]3(C)[C@@H]([C@H](C)C(=O)CCC(C)C)CC[C@@H]23)C[C@@H](O)C[C@@H]1O. The summed E-state index contributed by atoms with van der Waals surface area (Å²) < 4.78 is 0. The number of rotatable bonds is 6. The molecule has 3 heteroatoms. The van der Waals surface area contributed by atoms with Gasteiger partial charge in [0.1, 0.15) is 5.78 Å². The molecule has 0 unspecified atom stereocenters. The lowest BCUT2D eigenvalue weighted by Gasteiger charge is -2.44. The number of hydrogen-bond donors (Lipinski definition) is 2. The molecule has 168 valence electrons. The Labute approximate surface area is 183 Å². The van der Waals surface area contributed by atoms with E-state index in [1.165, 1.54) is 24.8 Å². The minimum absolute atomic E-state index is 0.153. The van der Waals surface area contributed by atoms with Gasteiger partial charge in [-0.1, -0.05) is 52.0 Å². The molecule has 0 amide bonds. The van der Waals surface area contributed by atoms with E-state index in [1.807, 2.05) is 0 Å². The highest BCUT2D eigenvalue weighted by molar-refractivity contribution is 5.81. The zero-order valence-corrected chi connectivity index (χ0v) is 19.5. The average Bonchev–Trinajstić information content (AvgIpc) is 3.04. The van der Waals surface area contributed by atoms with Gasteiger partial charge in [0.05, 0.1) is 12.2 Å². The van der Waals surface area contributed by atoms with Gasteiger partial charge in [-0.05, 0) is 79.3 Å². The summed E-state index contributed by atoms with van der Waals surface area (Å²) in [4.78, 5) is 12.9. The molecule has 0 aromatic heterocycles. The van der Waals surface area contributed by atoms with E-state index in [2.05, 4.69) is 46.4 Å². The van der Waals surface area contributed by atoms with Crippen LogP contribution in [0.5, 0.6) is 0 Å². The first-order chi connectivity index (χ1) is 14.1. The highest BCUT2D eigenvalue weighted by atomic mass is 16.3. The summed E-state index contributed by atoms with van der Waals surface area (Å²) in [5.41, 5.74) is 3.43. The molecular formula is C27H42O3. The topological polar surface area (TPSA) is 57.5 Å². The van der Waals surface area contributed by atoms with Gasteiger partial charge in [0, 0.05) is 18.8 Å². The van der Waals surface area contributed by atoms with Gasteiger partial charge in [-0.2, -0.15) is 0 Å². The second kappa shape index (κ2) is 9.53. The third-order valence-electron chi connectivity index (χ3n) is 8.38. The maximum Gasteiger partial charge on any atom is 0.136 e. The van der Waals surface area contributed by atoms with Crippen LogP contribution in [-0.4, -0.2) is 28.2 Å². The van der Waals surface area contributed by atoms with Crippen LogP contribution in [0.1, 0.15) is 85.5 Å². The Balaban J connectivity index is 1.75. The molecule has 0 aromatic rings.